The van der Waals surface area contributed by atoms with Gasteiger partial charge in [-0.3, -0.25) is 0 Å². The lowest BCUT2D eigenvalue weighted by Crippen LogP contribution is -2.13. The van der Waals surface area contributed by atoms with Crippen molar-refractivity contribution >= 4 is 11.0 Å². The Kier molecular flexibility index (Phi) is 4.26. The van der Waals surface area contributed by atoms with Crippen LogP contribution in [0, 0.1) is 0 Å². The number of nitrogens with one attached hydrogen (secondary N) is 1. The van der Waals surface area contributed by atoms with Gasteiger partial charge in [0.05, 0.1) is 13.4 Å². The van der Waals surface area contributed by atoms with Gasteiger partial charge in [-0.05, 0) is 37.1 Å². The maximum atomic E-state index is 5.64. The summed E-state index contributed by atoms with van der Waals surface area (Å²) in [5.74, 6) is 0.825. The number of ether oxygens (including phenoxy) is 1. The predicted molar refractivity (Wildman–Crippen MR) is 74.1 cm³/mol. The largest absolute Gasteiger partial charge is 0.493 e. The van der Waals surface area contributed by atoms with E-state index in [9.17, 15) is 0 Å². The number of furan rings is 1. The molecule has 98 valence electrons. The maximum Gasteiger partial charge on any atom is 0.176 e. The molecule has 0 aliphatic heterocycles. The first-order valence-electron chi connectivity index (χ1n) is 6.57. The van der Waals surface area contributed by atoms with E-state index in [0.29, 0.717) is 0 Å². The van der Waals surface area contributed by atoms with Crippen molar-refractivity contribution in [2.24, 2.45) is 0 Å². The van der Waals surface area contributed by atoms with Crippen LogP contribution in [0.3, 0.4) is 0 Å². The van der Waals surface area contributed by atoms with Gasteiger partial charge in [0.15, 0.2) is 11.3 Å². The fraction of sp³-hybridized carbons (Fsp3) is 0.467. The lowest BCUT2D eigenvalue weighted by molar-refractivity contribution is 0.409. The number of hydrogen-bond acceptors (Lipinski definition) is 3. The molecule has 1 N–H and O–H groups in total. The summed E-state index contributed by atoms with van der Waals surface area (Å²) in [4.78, 5) is 0. The van der Waals surface area contributed by atoms with Crippen LogP contribution in [-0.2, 0) is 13.0 Å². The summed E-state index contributed by atoms with van der Waals surface area (Å²) in [5, 5.41) is 4.57. The van der Waals surface area contributed by atoms with Gasteiger partial charge in [-0.1, -0.05) is 13.8 Å². The fourth-order valence-corrected chi connectivity index (χ4v) is 2.11. The lowest BCUT2D eigenvalue weighted by atomic mass is 10.1. The molecule has 0 spiro atoms. The van der Waals surface area contributed by atoms with Crippen LogP contribution in [0.25, 0.3) is 11.0 Å². The first-order chi connectivity index (χ1) is 8.80. The third-order valence-electron chi connectivity index (χ3n) is 3.15. The molecule has 0 radical (unpaired) electrons. The first-order valence-corrected chi connectivity index (χ1v) is 6.57. The first kappa shape index (κ1) is 13.0. The molecular weight excluding hydrogens is 226 g/mol. The molecular formula is C15H21NO2. The van der Waals surface area contributed by atoms with E-state index in [1.807, 2.05) is 6.26 Å². The molecule has 0 saturated heterocycles. The molecule has 0 atom stereocenters. The number of rotatable bonds is 6. The number of aryl methyl sites for hydroxylation is 1. The monoisotopic (exact) mass is 247 g/mol. The van der Waals surface area contributed by atoms with E-state index in [2.05, 4.69) is 31.3 Å². The summed E-state index contributed by atoms with van der Waals surface area (Å²) in [6, 6.07) is 4.25. The highest BCUT2D eigenvalue weighted by molar-refractivity contribution is 5.87. The zero-order chi connectivity index (χ0) is 13.0. The van der Waals surface area contributed by atoms with Crippen molar-refractivity contribution in [1.82, 2.24) is 5.32 Å². The molecule has 0 saturated carbocycles. The average molecular weight is 247 g/mol. The summed E-state index contributed by atoms with van der Waals surface area (Å²) in [5.41, 5.74) is 3.33. The molecule has 2 rings (SSSR count). The molecule has 0 fully saturated rings. The summed E-state index contributed by atoms with van der Waals surface area (Å²) in [6.07, 6.45) is 3.97. The van der Waals surface area contributed by atoms with Crippen molar-refractivity contribution in [2.45, 2.75) is 33.2 Å². The summed E-state index contributed by atoms with van der Waals surface area (Å²) in [7, 11) is 1.69. The van der Waals surface area contributed by atoms with Gasteiger partial charge in [0.25, 0.3) is 0 Å². The highest BCUT2D eigenvalue weighted by atomic mass is 16.5. The number of benzene rings is 1. The molecule has 18 heavy (non-hydrogen) atoms. The average Bonchev–Trinajstić information content (AvgIpc) is 2.81. The van der Waals surface area contributed by atoms with Crippen molar-refractivity contribution in [3.05, 3.63) is 29.5 Å². The molecule has 1 heterocycles. The Morgan fingerprint density at radius 3 is 2.78 bits per heavy atom. The summed E-state index contributed by atoms with van der Waals surface area (Å²) in [6.45, 7) is 6.18. The van der Waals surface area contributed by atoms with Crippen molar-refractivity contribution in [3.8, 4) is 5.75 Å². The summed E-state index contributed by atoms with van der Waals surface area (Å²) < 4.78 is 11.0. The maximum absolute atomic E-state index is 5.64. The SMILES string of the molecule is CCCNCc1coc2c(OC)cc(CC)cc12. The van der Waals surface area contributed by atoms with Gasteiger partial charge < -0.3 is 14.5 Å². The van der Waals surface area contributed by atoms with Gasteiger partial charge in [-0.25, -0.2) is 0 Å². The van der Waals surface area contributed by atoms with Crippen molar-refractivity contribution < 1.29 is 9.15 Å². The van der Waals surface area contributed by atoms with Crippen LogP contribution < -0.4 is 10.1 Å². The lowest BCUT2D eigenvalue weighted by Gasteiger charge is -2.05. The molecule has 0 aliphatic rings. The number of fused-ring (bicyclic) bond motifs is 1. The van der Waals surface area contributed by atoms with Gasteiger partial charge in [0.2, 0.25) is 0 Å². The van der Waals surface area contributed by atoms with Crippen LogP contribution in [0.15, 0.2) is 22.8 Å². The van der Waals surface area contributed by atoms with Crippen LogP contribution in [0.4, 0.5) is 0 Å². The standard InChI is InChI=1S/C15H21NO2/c1-4-6-16-9-12-10-18-15-13(12)7-11(5-2)8-14(15)17-3/h7-8,10,16H,4-6,9H2,1-3H3. The zero-order valence-electron chi connectivity index (χ0n) is 11.4. The van der Waals surface area contributed by atoms with Crippen molar-refractivity contribution in [1.29, 1.82) is 0 Å². The Labute approximate surface area is 108 Å². The topological polar surface area (TPSA) is 34.4 Å². The Bertz CT molecular complexity index is 516. The minimum atomic E-state index is 0.825. The molecule has 3 nitrogen and oxygen atoms in total. The van der Waals surface area contributed by atoms with Crippen LogP contribution in [-0.4, -0.2) is 13.7 Å². The second-order valence-corrected chi connectivity index (χ2v) is 4.47. The van der Waals surface area contributed by atoms with Crippen LogP contribution in [0.1, 0.15) is 31.4 Å². The molecule has 0 amide bonds. The van der Waals surface area contributed by atoms with Crippen LogP contribution in [0.5, 0.6) is 5.75 Å². The smallest absolute Gasteiger partial charge is 0.176 e. The highest BCUT2D eigenvalue weighted by Crippen LogP contribution is 2.31. The molecule has 2 aromatic rings. The predicted octanol–water partition coefficient (Wildman–Crippen LogP) is 3.50. The third kappa shape index (κ3) is 2.51. The summed E-state index contributed by atoms with van der Waals surface area (Å²) >= 11 is 0. The van der Waals surface area contributed by atoms with Crippen LogP contribution in [0.2, 0.25) is 0 Å². The van der Waals surface area contributed by atoms with E-state index < -0.39 is 0 Å². The molecule has 1 aromatic carbocycles. The van der Waals surface area contributed by atoms with E-state index in [1.54, 1.807) is 7.11 Å². The Hall–Kier alpha value is -1.48. The molecule has 0 unspecified atom stereocenters. The zero-order valence-corrected chi connectivity index (χ0v) is 11.4. The van der Waals surface area contributed by atoms with Crippen molar-refractivity contribution in [2.75, 3.05) is 13.7 Å². The number of methoxy groups -OCH3 is 1. The quantitative estimate of drug-likeness (QED) is 0.793. The van der Waals surface area contributed by atoms with E-state index in [4.69, 9.17) is 9.15 Å². The van der Waals surface area contributed by atoms with E-state index in [-0.39, 0.29) is 0 Å². The molecule has 0 bridgehead atoms. The van der Waals surface area contributed by atoms with Gasteiger partial charge in [0.1, 0.15) is 0 Å². The van der Waals surface area contributed by atoms with Gasteiger partial charge in [-0.2, -0.15) is 0 Å². The Morgan fingerprint density at radius 2 is 2.11 bits per heavy atom. The van der Waals surface area contributed by atoms with Gasteiger partial charge in [0, 0.05) is 17.5 Å². The highest BCUT2D eigenvalue weighted by Gasteiger charge is 2.11. The second-order valence-electron chi connectivity index (χ2n) is 4.47. The van der Waals surface area contributed by atoms with Gasteiger partial charge in [-0.15, -0.1) is 0 Å². The molecule has 3 heteroatoms. The van der Waals surface area contributed by atoms with E-state index in [0.717, 1.165) is 42.6 Å². The van der Waals surface area contributed by atoms with Crippen LogP contribution >= 0.6 is 0 Å². The Balaban J connectivity index is 2.37. The second kappa shape index (κ2) is 5.91. The van der Waals surface area contributed by atoms with E-state index in [1.165, 1.54) is 11.1 Å². The Morgan fingerprint density at radius 1 is 1.28 bits per heavy atom. The minimum absolute atomic E-state index is 0.825. The normalized spacial score (nSPS) is 11.1. The van der Waals surface area contributed by atoms with Crippen molar-refractivity contribution in [3.63, 3.8) is 0 Å². The third-order valence-corrected chi connectivity index (χ3v) is 3.15. The minimum Gasteiger partial charge on any atom is -0.493 e. The van der Waals surface area contributed by atoms with E-state index >= 15 is 0 Å². The number of hydrogen-bond donors (Lipinski definition) is 1. The fourth-order valence-electron chi connectivity index (χ4n) is 2.11. The van der Waals surface area contributed by atoms with Gasteiger partial charge >= 0.3 is 0 Å². The molecule has 1 aromatic heterocycles. The molecule has 0 aliphatic carbocycles.